The summed E-state index contributed by atoms with van der Waals surface area (Å²) >= 11 is 0. The monoisotopic (exact) mass is 269 g/mol. The van der Waals surface area contributed by atoms with Crippen LogP contribution < -0.4 is 10.6 Å². The Morgan fingerprint density at radius 3 is 2.35 bits per heavy atom. The number of sulfonamides is 1. The summed E-state index contributed by atoms with van der Waals surface area (Å²) in [5.74, 6) is -1.04. The van der Waals surface area contributed by atoms with E-state index >= 15 is 0 Å². The first-order valence-corrected chi connectivity index (χ1v) is 5.41. The minimum Gasteiger partial charge on any atom is -0.358 e. The lowest BCUT2D eigenvalue weighted by atomic mass is 10.3. The van der Waals surface area contributed by atoms with Gasteiger partial charge in [0.1, 0.15) is 0 Å². The van der Waals surface area contributed by atoms with Gasteiger partial charge in [0, 0.05) is 0 Å². The van der Waals surface area contributed by atoms with Crippen molar-refractivity contribution < 1.29 is 22.1 Å². The van der Waals surface area contributed by atoms with E-state index in [-0.39, 0.29) is 6.07 Å². The molecule has 11 heteroatoms. The summed E-state index contributed by atoms with van der Waals surface area (Å²) in [7, 11) is -4.70. The molecule has 0 saturated heterocycles. The Kier molecular flexibility index (Phi) is 3.24. The number of nitrogens with two attached hydrogens (primary N) is 1. The average Bonchev–Trinajstić information content (AvgIpc) is 2.13. The van der Waals surface area contributed by atoms with Crippen LogP contribution in [-0.2, 0) is 10.0 Å². The topological polar surface area (TPSA) is 136 Å². The molecular weight excluding hydrogens is 264 g/mol. The molecule has 0 aliphatic heterocycles. The number of aromatic nitrogens is 1. The molecule has 0 bridgehead atoms. The lowest BCUT2D eigenvalue weighted by molar-refractivity contribution is -0.389. The zero-order chi connectivity index (χ0) is 13.4. The number of hydrogen-bond acceptors (Lipinski definition) is 5. The summed E-state index contributed by atoms with van der Waals surface area (Å²) < 4.78 is 46.8. The molecule has 1 aromatic rings. The molecule has 0 atom stereocenters. The van der Waals surface area contributed by atoms with E-state index in [0.29, 0.717) is 0 Å². The normalized spacial score (nSPS) is 11.8. The smallest absolute Gasteiger partial charge is 0.325 e. The number of pyridine rings is 1. The third-order valence-corrected chi connectivity index (χ3v) is 2.69. The maximum absolute atomic E-state index is 12.5. The second kappa shape index (κ2) is 4.18. The molecule has 0 aromatic carbocycles. The van der Waals surface area contributed by atoms with Crippen LogP contribution in [0.3, 0.4) is 0 Å². The van der Waals surface area contributed by atoms with Crippen molar-refractivity contribution in [2.75, 3.05) is 0 Å². The molecule has 94 valence electrons. The number of H-pyrrole nitrogens is 1. The SMILES string of the molecule is NS(=O)(=O)c1c(C(F)F)[nH]c([N+](=O)[O-])cc1=O. The summed E-state index contributed by atoms with van der Waals surface area (Å²) in [6.45, 7) is 0. The highest BCUT2D eigenvalue weighted by Crippen LogP contribution is 2.23. The van der Waals surface area contributed by atoms with Crippen LogP contribution in [0.15, 0.2) is 15.8 Å². The van der Waals surface area contributed by atoms with Gasteiger partial charge in [-0.05, 0) is 4.92 Å². The molecule has 17 heavy (non-hydrogen) atoms. The Bertz CT molecular complexity index is 623. The Morgan fingerprint density at radius 2 is 2.00 bits per heavy atom. The molecule has 0 aliphatic rings. The molecule has 0 amide bonds. The first kappa shape index (κ1) is 13.2. The van der Waals surface area contributed by atoms with Gasteiger partial charge in [-0.2, -0.15) is 0 Å². The van der Waals surface area contributed by atoms with Crippen LogP contribution in [0.4, 0.5) is 14.6 Å². The van der Waals surface area contributed by atoms with Gasteiger partial charge in [-0.15, -0.1) is 0 Å². The highest BCUT2D eigenvalue weighted by Gasteiger charge is 2.30. The fraction of sp³-hybridized carbons (Fsp3) is 0.167. The Morgan fingerprint density at radius 1 is 1.47 bits per heavy atom. The van der Waals surface area contributed by atoms with E-state index < -0.39 is 43.2 Å². The molecule has 1 rings (SSSR count). The Hall–Kier alpha value is -1.88. The zero-order valence-electron chi connectivity index (χ0n) is 7.88. The van der Waals surface area contributed by atoms with E-state index in [9.17, 15) is 32.1 Å². The number of nitro groups is 1. The van der Waals surface area contributed by atoms with Gasteiger partial charge in [-0.3, -0.25) is 4.79 Å². The van der Waals surface area contributed by atoms with Crippen LogP contribution in [-0.4, -0.2) is 18.3 Å². The summed E-state index contributed by atoms with van der Waals surface area (Å²) in [6.07, 6.45) is -3.42. The van der Waals surface area contributed by atoms with Crippen molar-refractivity contribution in [1.29, 1.82) is 0 Å². The number of hydrogen-bond donors (Lipinski definition) is 2. The Labute approximate surface area is 92.3 Å². The molecule has 0 aliphatic carbocycles. The molecule has 8 nitrogen and oxygen atoms in total. The first-order chi connectivity index (χ1) is 7.64. The van der Waals surface area contributed by atoms with Crippen LogP contribution in [0, 0.1) is 10.1 Å². The summed E-state index contributed by atoms with van der Waals surface area (Å²) in [4.78, 5) is 20.5. The maximum atomic E-state index is 12.5. The van der Waals surface area contributed by atoms with Gasteiger partial charge in [0.25, 0.3) is 6.43 Å². The number of nitrogens with one attached hydrogen (secondary N) is 1. The van der Waals surface area contributed by atoms with Gasteiger partial charge in [0.2, 0.25) is 15.5 Å². The highest BCUT2D eigenvalue weighted by molar-refractivity contribution is 7.89. The molecule has 0 spiro atoms. The number of alkyl halides is 2. The average molecular weight is 269 g/mol. The summed E-state index contributed by atoms with van der Waals surface area (Å²) in [5.41, 5.74) is -2.86. The van der Waals surface area contributed by atoms with Gasteiger partial charge in [0.05, 0.1) is 6.07 Å². The second-order valence-corrected chi connectivity index (χ2v) is 4.36. The van der Waals surface area contributed by atoms with Crippen molar-refractivity contribution in [3.8, 4) is 0 Å². The first-order valence-electron chi connectivity index (χ1n) is 3.87. The molecule has 0 fully saturated rings. The van der Waals surface area contributed by atoms with Gasteiger partial charge >= 0.3 is 5.82 Å². The van der Waals surface area contributed by atoms with Crippen LogP contribution >= 0.6 is 0 Å². The third-order valence-electron chi connectivity index (χ3n) is 1.70. The number of rotatable bonds is 3. The van der Waals surface area contributed by atoms with E-state index in [1.165, 1.54) is 0 Å². The minimum absolute atomic E-state index is 0.269. The van der Waals surface area contributed by atoms with Crippen molar-refractivity contribution in [2.24, 2.45) is 5.14 Å². The number of primary sulfonamides is 1. The van der Waals surface area contributed by atoms with Crippen molar-refractivity contribution in [1.82, 2.24) is 4.98 Å². The Balaban J connectivity index is 3.74. The third kappa shape index (κ3) is 2.62. The lowest BCUT2D eigenvalue weighted by Gasteiger charge is -2.03. The summed E-state index contributed by atoms with van der Waals surface area (Å²) in [6, 6.07) is 0.269. The minimum atomic E-state index is -4.70. The standard InChI is InChI=1S/C6H5F2N3O5S/c7-6(8)4-5(17(9,15)16)2(12)1-3(10-4)11(13)14/h1,6H,(H,10,12)(H2,9,15,16). The zero-order valence-corrected chi connectivity index (χ0v) is 8.70. The maximum Gasteiger partial charge on any atom is 0.325 e. The van der Waals surface area contributed by atoms with E-state index in [4.69, 9.17) is 0 Å². The lowest BCUT2D eigenvalue weighted by Crippen LogP contribution is -2.25. The van der Waals surface area contributed by atoms with Crippen molar-refractivity contribution >= 4 is 15.8 Å². The van der Waals surface area contributed by atoms with Gasteiger partial charge in [-0.1, -0.05) is 0 Å². The van der Waals surface area contributed by atoms with Crippen LogP contribution in [0.5, 0.6) is 0 Å². The van der Waals surface area contributed by atoms with Crippen LogP contribution in [0.25, 0.3) is 0 Å². The fourth-order valence-electron chi connectivity index (χ4n) is 1.10. The quantitative estimate of drug-likeness (QED) is 0.581. The number of halogens is 2. The molecule has 0 unspecified atom stereocenters. The largest absolute Gasteiger partial charge is 0.358 e. The molecule has 3 N–H and O–H groups in total. The second-order valence-electron chi connectivity index (χ2n) is 2.86. The fourth-order valence-corrected chi connectivity index (χ4v) is 1.88. The molecular formula is C6H5F2N3O5S. The predicted molar refractivity (Wildman–Crippen MR) is 50.0 cm³/mol. The highest BCUT2D eigenvalue weighted by atomic mass is 32.2. The van der Waals surface area contributed by atoms with Gasteiger partial charge < -0.3 is 10.1 Å². The van der Waals surface area contributed by atoms with Crippen molar-refractivity contribution in [3.63, 3.8) is 0 Å². The van der Waals surface area contributed by atoms with Gasteiger partial charge in [0.15, 0.2) is 10.6 Å². The van der Waals surface area contributed by atoms with Crippen molar-refractivity contribution in [3.05, 3.63) is 32.1 Å². The van der Waals surface area contributed by atoms with Crippen LogP contribution in [0.2, 0.25) is 0 Å². The van der Waals surface area contributed by atoms with E-state index in [1.54, 1.807) is 4.98 Å². The summed E-state index contributed by atoms with van der Waals surface area (Å²) in [5, 5.41) is 14.9. The molecule has 0 saturated carbocycles. The van der Waals surface area contributed by atoms with Gasteiger partial charge in [-0.25, -0.2) is 27.3 Å². The number of nitrogens with zero attached hydrogens (tertiary/aromatic N) is 1. The predicted octanol–water partition coefficient (Wildman–Crippen LogP) is -0.132. The molecule has 0 radical (unpaired) electrons. The van der Waals surface area contributed by atoms with E-state index in [2.05, 4.69) is 5.14 Å². The molecule has 1 aromatic heterocycles. The van der Waals surface area contributed by atoms with E-state index in [1.807, 2.05) is 0 Å². The number of aromatic amines is 1. The van der Waals surface area contributed by atoms with Crippen LogP contribution in [0.1, 0.15) is 12.1 Å². The molecule has 1 heterocycles. The van der Waals surface area contributed by atoms with E-state index in [0.717, 1.165) is 0 Å². The van der Waals surface area contributed by atoms with Crippen molar-refractivity contribution in [2.45, 2.75) is 11.3 Å².